The molecule has 7 heteroatoms. The molecule has 1 aliphatic rings. The molecule has 1 aliphatic heterocycles. The first kappa shape index (κ1) is 18.9. The van der Waals surface area contributed by atoms with Crippen LogP contribution >= 0.6 is 28.3 Å². The minimum atomic E-state index is -3.41. The van der Waals surface area contributed by atoms with Gasteiger partial charge in [-0.05, 0) is 69.0 Å². The Kier molecular flexibility index (Phi) is 7.64. The lowest BCUT2D eigenvalue weighted by Crippen LogP contribution is -2.33. The van der Waals surface area contributed by atoms with Gasteiger partial charge in [0.1, 0.15) is 0 Å². The lowest BCUT2D eigenvalue weighted by molar-refractivity contribution is 0.358. The molecule has 0 aliphatic carbocycles. The van der Waals surface area contributed by atoms with Gasteiger partial charge < -0.3 is 5.32 Å². The summed E-state index contributed by atoms with van der Waals surface area (Å²) in [5, 5.41) is 3.35. The molecular weight excluding hydrogens is 376 g/mol. The van der Waals surface area contributed by atoms with E-state index in [0.29, 0.717) is 17.4 Å². The highest BCUT2D eigenvalue weighted by Crippen LogP contribution is 2.19. The highest BCUT2D eigenvalue weighted by atomic mass is 79.9. The van der Waals surface area contributed by atoms with Gasteiger partial charge in [-0.1, -0.05) is 15.9 Å². The molecule has 1 atom stereocenters. The first-order valence-corrected chi connectivity index (χ1v) is 9.22. The van der Waals surface area contributed by atoms with Gasteiger partial charge in [-0.2, -0.15) is 0 Å². The summed E-state index contributed by atoms with van der Waals surface area (Å²) >= 11 is 3.34. The Morgan fingerprint density at radius 2 is 2.14 bits per heavy atom. The highest BCUT2D eigenvalue weighted by molar-refractivity contribution is 9.10. The number of piperidine rings is 1. The lowest BCUT2D eigenvalue weighted by Gasteiger charge is -2.22. The Morgan fingerprint density at radius 3 is 2.76 bits per heavy atom. The monoisotopic (exact) mass is 396 g/mol. The van der Waals surface area contributed by atoms with E-state index in [4.69, 9.17) is 0 Å². The molecule has 0 bridgehead atoms. The van der Waals surface area contributed by atoms with Crippen molar-refractivity contribution in [1.29, 1.82) is 0 Å². The summed E-state index contributed by atoms with van der Waals surface area (Å²) in [5.41, 5.74) is 0.927. The molecule has 1 heterocycles. The molecule has 1 aromatic rings. The van der Waals surface area contributed by atoms with E-state index in [1.807, 2.05) is 13.0 Å². The fraction of sp³-hybridized carbons (Fsp3) is 0.571. The average molecular weight is 398 g/mol. The second-order valence-corrected chi connectivity index (χ2v) is 8.05. The van der Waals surface area contributed by atoms with E-state index in [1.54, 1.807) is 12.1 Å². The van der Waals surface area contributed by atoms with Crippen LogP contribution in [0.25, 0.3) is 0 Å². The molecule has 1 saturated heterocycles. The van der Waals surface area contributed by atoms with E-state index in [9.17, 15) is 8.42 Å². The molecule has 0 saturated carbocycles. The van der Waals surface area contributed by atoms with E-state index in [1.165, 1.54) is 12.8 Å². The maximum atomic E-state index is 12.2. The van der Waals surface area contributed by atoms with Crippen molar-refractivity contribution in [3.63, 3.8) is 0 Å². The van der Waals surface area contributed by atoms with Crippen molar-refractivity contribution in [3.8, 4) is 0 Å². The summed E-state index contributed by atoms with van der Waals surface area (Å²) in [6.45, 7) is 4.47. The molecule has 1 unspecified atom stereocenters. The molecule has 0 aromatic heterocycles. The van der Waals surface area contributed by atoms with E-state index in [2.05, 4.69) is 26.0 Å². The second-order valence-electron chi connectivity index (χ2n) is 5.36. The van der Waals surface area contributed by atoms with Crippen molar-refractivity contribution in [3.05, 3.63) is 28.2 Å². The smallest absolute Gasteiger partial charge is 0.240 e. The van der Waals surface area contributed by atoms with Gasteiger partial charge in [-0.3, -0.25) is 0 Å². The third kappa shape index (κ3) is 5.87. The van der Waals surface area contributed by atoms with Gasteiger partial charge in [0.05, 0.1) is 4.90 Å². The molecule has 2 rings (SSSR count). The summed E-state index contributed by atoms with van der Waals surface area (Å²) in [7, 11) is -3.41. The molecule has 0 amide bonds. The minimum Gasteiger partial charge on any atom is -0.316 e. The van der Waals surface area contributed by atoms with Gasteiger partial charge >= 0.3 is 0 Å². The van der Waals surface area contributed by atoms with Gasteiger partial charge in [0.2, 0.25) is 10.0 Å². The SMILES string of the molecule is Cc1cc(Br)cc(S(=O)(=O)NCCC2CCCNC2)c1.Cl. The Hall–Kier alpha value is -0.140. The number of aryl methyl sites for hydroxylation is 1. The van der Waals surface area contributed by atoms with Crippen LogP contribution < -0.4 is 10.0 Å². The Bertz CT molecular complexity index is 540. The van der Waals surface area contributed by atoms with Gasteiger partial charge in [-0.25, -0.2) is 13.1 Å². The third-order valence-corrected chi connectivity index (χ3v) is 5.47. The molecule has 4 nitrogen and oxygen atoms in total. The third-order valence-electron chi connectivity index (χ3n) is 3.57. The zero-order chi connectivity index (χ0) is 14.6. The molecule has 1 aromatic carbocycles. The van der Waals surface area contributed by atoms with Crippen molar-refractivity contribution in [1.82, 2.24) is 10.0 Å². The van der Waals surface area contributed by atoms with E-state index in [0.717, 1.165) is 29.5 Å². The van der Waals surface area contributed by atoms with Crippen LogP contribution in [0.3, 0.4) is 0 Å². The number of hydrogen-bond acceptors (Lipinski definition) is 3. The normalized spacial score (nSPS) is 19.0. The van der Waals surface area contributed by atoms with Crippen molar-refractivity contribution >= 4 is 38.4 Å². The van der Waals surface area contributed by atoms with Crippen LogP contribution in [-0.2, 0) is 10.0 Å². The number of rotatable bonds is 5. The molecule has 1 fully saturated rings. The Balaban J connectivity index is 0.00000220. The minimum absolute atomic E-state index is 0. The van der Waals surface area contributed by atoms with E-state index < -0.39 is 10.0 Å². The topological polar surface area (TPSA) is 58.2 Å². The van der Waals surface area contributed by atoms with Crippen LogP contribution in [0.5, 0.6) is 0 Å². The summed E-state index contributed by atoms with van der Waals surface area (Å²) in [4.78, 5) is 0.325. The largest absolute Gasteiger partial charge is 0.316 e. The average Bonchev–Trinajstić information content (AvgIpc) is 2.38. The van der Waals surface area contributed by atoms with Gasteiger partial charge in [0.25, 0.3) is 0 Å². The number of nitrogens with one attached hydrogen (secondary N) is 2. The first-order valence-electron chi connectivity index (χ1n) is 6.95. The summed E-state index contributed by atoms with van der Waals surface area (Å²) in [5.74, 6) is 0.579. The molecule has 0 radical (unpaired) electrons. The summed E-state index contributed by atoms with van der Waals surface area (Å²) in [6, 6.07) is 5.22. The Morgan fingerprint density at radius 1 is 1.38 bits per heavy atom. The predicted molar refractivity (Wildman–Crippen MR) is 91.5 cm³/mol. The van der Waals surface area contributed by atoms with Crippen LogP contribution in [0.4, 0.5) is 0 Å². The van der Waals surface area contributed by atoms with Gasteiger partial charge in [0, 0.05) is 11.0 Å². The fourth-order valence-corrected chi connectivity index (χ4v) is 4.44. The number of sulfonamides is 1. The molecule has 0 spiro atoms. The quantitative estimate of drug-likeness (QED) is 0.803. The van der Waals surface area contributed by atoms with E-state index in [-0.39, 0.29) is 12.4 Å². The van der Waals surface area contributed by atoms with Crippen LogP contribution in [0.1, 0.15) is 24.8 Å². The second kappa shape index (κ2) is 8.48. The van der Waals surface area contributed by atoms with Crippen molar-refractivity contribution in [2.24, 2.45) is 5.92 Å². The number of benzene rings is 1. The van der Waals surface area contributed by atoms with Crippen LogP contribution in [0.15, 0.2) is 27.6 Å². The number of halogens is 2. The molecular formula is C14H22BrClN2O2S. The van der Waals surface area contributed by atoms with Crippen molar-refractivity contribution in [2.45, 2.75) is 31.1 Å². The van der Waals surface area contributed by atoms with Crippen LogP contribution in [0, 0.1) is 12.8 Å². The predicted octanol–water partition coefficient (Wildman–Crippen LogP) is 2.85. The molecule has 2 N–H and O–H groups in total. The zero-order valence-electron chi connectivity index (χ0n) is 12.1. The summed E-state index contributed by atoms with van der Waals surface area (Å²) < 4.78 is 27.9. The van der Waals surface area contributed by atoms with Gasteiger partial charge in [-0.15, -0.1) is 12.4 Å². The first-order chi connectivity index (χ1) is 9.47. The van der Waals surface area contributed by atoms with Crippen LogP contribution in [-0.4, -0.2) is 28.1 Å². The standard InChI is InChI=1S/C14H21BrN2O2S.ClH/c1-11-7-13(15)9-14(8-11)20(18,19)17-6-4-12-3-2-5-16-10-12;/h7-9,12,16-17H,2-6,10H2,1H3;1H. The molecule has 120 valence electrons. The Labute approximate surface area is 141 Å². The maximum absolute atomic E-state index is 12.2. The highest BCUT2D eigenvalue weighted by Gasteiger charge is 2.17. The van der Waals surface area contributed by atoms with Crippen molar-refractivity contribution in [2.75, 3.05) is 19.6 Å². The maximum Gasteiger partial charge on any atom is 0.240 e. The molecule has 21 heavy (non-hydrogen) atoms. The number of hydrogen-bond donors (Lipinski definition) is 2. The lowest BCUT2D eigenvalue weighted by atomic mass is 9.96. The fourth-order valence-electron chi connectivity index (χ4n) is 2.51. The zero-order valence-corrected chi connectivity index (χ0v) is 15.3. The van der Waals surface area contributed by atoms with Gasteiger partial charge in [0.15, 0.2) is 0 Å². The van der Waals surface area contributed by atoms with Crippen molar-refractivity contribution < 1.29 is 8.42 Å². The summed E-state index contributed by atoms with van der Waals surface area (Å²) in [6.07, 6.45) is 3.26. The van der Waals surface area contributed by atoms with E-state index >= 15 is 0 Å². The van der Waals surface area contributed by atoms with Crippen LogP contribution in [0.2, 0.25) is 0 Å².